The SMILES string of the molecule is Fc1ccc(-c2nn3c(c2Br)COC(C(F)(F)F)C3)nc1. The fourth-order valence-electron chi connectivity index (χ4n) is 2.03. The fourth-order valence-corrected chi connectivity index (χ4v) is 2.63. The predicted molar refractivity (Wildman–Crippen MR) is 67.7 cm³/mol. The molecule has 2 aromatic rings. The predicted octanol–water partition coefficient (Wildman–Crippen LogP) is 3.31. The lowest BCUT2D eigenvalue weighted by Gasteiger charge is -2.26. The maximum atomic E-state index is 12.9. The van der Waals surface area contributed by atoms with Gasteiger partial charge >= 0.3 is 6.18 Å². The normalized spacial score (nSPS) is 18.6. The first-order chi connectivity index (χ1) is 9.86. The largest absolute Gasteiger partial charge is 0.416 e. The van der Waals surface area contributed by atoms with Gasteiger partial charge in [-0.25, -0.2) is 4.39 Å². The van der Waals surface area contributed by atoms with E-state index in [4.69, 9.17) is 4.74 Å². The van der Waals surface area contributed by atoms with E-state index in [1.165, 1.54) is 16.8 Å². The van der Waals surface area contributed by atoms with Crippen LogP contribution in [0.15, 0.2) is 22.8 Å². The summed E-state index contributed by atoms with van der Waals surface area (Å²) in [6.45, 7) is -0.627. The number of ether oxygens (including phenoxy) is 1. The van der Waals surface area contributed by atoms with Gasteiger partial charge in [-0.2, -0.15) is 18.3 Å². The molecule has 0 saturated heterocycles. The quantitative estimate of drug-likeness (QED) is 0.728. The summed E-state index contributed by atoms with van der Waals surface area (Å²) < 4.78 is 57.5. The first-order valence-electron chi connectivity index (χ1n) is 5.91. The third-order valence-electron chi connectivity index (χ3n) is 3.09. The summed E-state index contributed by atoms with van der Waals surface area (Å²) in [4.78, 5) is 3.88. The molecule has 1 atom stereocenters. The van der Waals surface area contributed by atoms with Crippen LogP contribution in [0.3, 0.4) is 0 Å². The van der Waals surface area contributed by atoms with Gasteiger partial charge in [-0.05, 0) is 28.1 Å². The van der Waals surface area contributed by atoms with Crippen LogP contribution in [0.5, 0.6) is 0 Å². The van der Waals surface area contributed by atoms with Crippen molar-refractivity contribution < 1.29 is 22.3 Å². The molecule has 0 aromatic carbocycles. The average molecular weight is 366 g/mol. The zero-order valence-corrected chi connectivity index (χ0v) is 11.9. The van der Waals surface area contributed by atoms with Gasteiger partial charge in [0.1, 0.15) is 11.5 Å². The third-order valence-corrected chi connectivity index (χ3v) is 3.92. The second-order valence-corrected chi connectivity index (χ2v) is 5.29. The summed E-state index contributed by atoms with van der Waals surface area (Å²) in [5.74, 6) is -0.501. The molecule has 0 aliphatic carbocycles. The molecule has 1 aliphatic heterocycles. The number of nitrogens with zero attached hydrogens (tertiary/aromatic N) is 3. The maximum absolute atomic E-state index is 12.9. The van der Waals surface area contributed by atoms with E-state index in [9.17, 15) is 17.6 Å². The molecule has 112 valence electrons. The molecule has 0 spiro atoms. The molecule has 0 N–H and O–H groups in total. The summed E-state index contributed by atoms with van der Waals surface area (Å²) in [6, 6.07) is 2.62. The Morgan fingerprint density at radius 3 is 2.71 bits per heavy atom. The molecule has 0 bridgehead atoms. The second-order valence-electron chi connectivity index (χ2n) is 4.49. The van der Waals surface area contributed by atoms with Gasteiger partial charge in [0.15, 0.2) is 6.10 Å². The topological polar surface area (TPSA) is 39.9 Å². The van der Waals surface area contributed by atoms with Gasteiger partial charge in [0, 0.05) is 0 Å². The zero-order valence-electron chi connectivity index (χ0n) is 10.4. The van der Waals surface area contributed by atoms with Crippen molar-refractivity contribution in [3.63, 3.8) is 0 Å². The first kappa shape index (κ1) is 14.5. The van der Waals surface area contributed by atoms with Crippen LogP contribution >= 0.6 is 15.9 Å². The molecule has 3 heterocycles. The lowest BCUT2D eigenvalue weighted by atomic mass is 10.2. The van der Waals surface area contributed by atoms with Gasteiger partial charge < -0.3 is 4.74 Å². The summed E-state index contributed by atoms with van der Waals surface area (Å²) in [5.41, 5.74) is 1.22. The summed E-state index contributed by atoms with van der Waals surface area (Å²) in [5, 5.41) is 4.12. The standard InChI is InChI=1S/C12H8BrF4N3O/c13-10-8-5-21-9(12(15,16)17)4-20(8)19-11(10)7-2-1-6(14)3-18-7/h1-3,9H,4-5H2. The minimum absolute atomic E-state index is 0.209. The van der Waals surface area contributed by atoms with E-state index in [-0.39, 0.29) is 6.61 Å². The molecule has 9 heteroatoms. The monoisotopic (exact) mass is 365 g/mol. The highest BCUT2D eigenvalue weighted by Crippen LogP contribution is 2.35. The number of hydrogen-bond acceptors (Lipinski definition) is 3. The van der Waals surface area contributed by atoms with Gasteiger partial charge in [0.25, 0.3) is 0 Å². The molecule has 4 nitrogen and oxygen atoms in total. The molecule has 0 amide bonds. The number of halogens is 5. The van der Waals surface area contributed by atoms with Crippen LogP contribution in [0.4, 0.5) is 17.6 Å². The van der Waals surface area contributed by atoms with Crippen molar-refractivity contribution in [2.24, 2.45) is 0 Å². The molecular weight excluding hydrogens is 358 g/mol. The molecular formula is C12H8BrF4N3O. The van der Waals surface area contributed by atoms with Gasteiger partial charge in [-0.15, -0.1) is 0 Å². The Kier molecular flexibility index (Phi) is 3.48. The second kappa shape index (κ2) is 5.06. The Bertz CT molecular complexity index is 668. The third kappa shape index (κ3) is 2.67. The van der Waals surface area contributed by atoms with Gasteiger partial charge in [-0.3, -0.25) is 9.67 Å². The number of fused-ring (bicyclic) bond motifs is 1. The molecule has 0 radical (unpaired) electrons. The van der Waals surface area contributed by atoms with Crippen LogP contribution < -0.4 is 0 Å². The molecule has 0 fully saturated rings. The fraction of sp³-hybridized carbons (Fsp3) is 0.333. The Morgan fingerprint density at radius 1 is 1.33 bits per heavy atom. The van der Waals surface area contributed by atoms with Crippen molar-refractivity contribution in [2.45, 2.75) is 25.4 Å². The van der Waals surface area contributed by atoms with Crippen LogP contribution in [0.1, 0.15) is 5.69 Å². The van der Waals surface area contributed by atoms with Crippen LogP contribution in [0.25, 0.3) is 11.4 Å². The minimum atomic E-state index is -4.44. The van der Waals surface area contributed by atoms with Crippen molar-refractivity contribution in [3.8, 4) is 11.4 Å². The number of aromatic nitrogens is 3. The maximum Gasteiger partial charge on any atom is 0.416 e. The Morgan fingerprint density at radius 2 is 2.10 bits per heavy atom. The zero-order chi connectivity index (χ0) is 15.2. The van der Waals surface area contributed by atoms with E-state index in [2.05, 4.69) is 26.0 Å². The Hall–Kier alpha value is -1.48. The van der Waals surface area contributed by atoms with Gasteiger partial charge in [-0.1, -0.05) is 0 Å². The van der Waals surface area contributed by atoms with Crippen LogP contribution in [0.2, 0.25) is 0 Å². The lowest BCUT2D eigenvalue weighted by molar-refractivity contribution is -0.234. The van der Waals surface area contributed by atoms with Crippen LogP contribution in [-0.2, 0) is 17.9 Å². The summed E-state index contributed by atoms with van der Waals surface area (Å²) in [6.07, 6.45) is -5.30. The Balaban J connectivity index is 1.97. The highest BCUT2D eigenvalue weighted by Gasteiger charge is 2.44. The van der Waals surface area contributed by atoms with Crippen molar-refractivity contribution in [1.29, 1.82) is 0 Å². The Labute approximate surface area is 124 Å². The van der Waals surface area contributed by atoms with E-state index in [0.717, 1.165) is 6.20 Å². The minimum Gasteiger partial charge on any atom is -0.360 e. The summed E-state index contributed by atoms with van der Waals surface area (Å²) >= 11 is 3.28. The van der Waals surface area contributed by atoms with Crippen molar-refractivity contribution in [2.75, 3.05) is 0 Å². The van der Waals surface area contributed by atoms with Crippen LogP contribution in [0, 0.1) is 5.82 Å². The average Bonchev–Trinajstić information content (AvgIpc) is 2.76. The van der Waals surface area contributed by atoms with E-state index >= 15 is 0 Å². The van der Waals surface area contributed by atoms with E-state index in [0.29, 0.717) is 21.6 Å². The number of hydrogen-bond donors (Lipinski definition) is 0. The number of rotatable bonds is 1. The highest BCUT2D eigenvalue weighted by molar-refractivity contribution is 9.10. The smallest absolute Gasteiger partial charge is 0.360 e. The molecule has 2 aromatic heterocycles. The lowest BCUT2D eigenvalue weighted by Crippen LogP contribution is -2.39. The molecule has 1 aliphatic rings. The van der Waals surface area contributed by atoms with E-state index in [1.54, 1.807) is 0 Å². The molecule has 21 heavy (non-hydrogen) atoms. The van der Waals surface area contributed by atoms with Crippen LogP contribution in [-0.4, -0.2) is 27.0 Å². The van der Waals surface area contributed by atoms with Crippen molar-refractivity contribution in [3.05, 3.63) is 34.3 Å². The van der Waals surface area contributed by atoms with E-state index in [1.807, 2.05) is 0 Å². The van der Waals surface area contributed by atoms with E-state index < -0.39 is 24.6 Å². The number of pyridine rings is 1. The molecule has 3 rings (SSSR count). The molecule has 1 unspecified atom stereocenters. The number of alkyl halides is 3. The van der Waals surface area contributed by atoms with Crippen molar-refractivity contribution >= 4 is 15.9 Å². The highest BCUT2D eigenvalue weighted by atomic mass is 79.9. The first-order valence-corrected chi connectivity index (χ1v) is 6.71. The molecule has 0 saturated carbocycles. The van der Waals surface area contributed by atoms with Crippen molar-refractivity contribution in [1.82, 2.24) is 14.8 Å². The summed E-state index contributed by atoms with van der Waals surface area (Å²) in [7, 11) is 0. The van der Waals surface area contributed by atoms with Gasteiger partial charge in [0.2, 0.25) is 0 Å². The van der Waals surface area contributed by atoms with Gasteiger partial charge in [0.05, 0.1) is 35.2 Å².